The number of fused-ring (bicyclic) bond motifs is 1. The molecule has 2 fully saturated rings. The van der Waals surface area contributed by atoms with E-state index in [4.69, 9.17) is 15.5 Å². The number of pyridine rings is 1. The van der Waals surface area contributed by atoms with Crippen molar-refractivity contribution in [2.24, 2.45) is 5.73 Å². The minimum Gasteiger partial charge on any atom is -0.378 e. The monoisotopic (exact) mass is 419 g/mol. The predicted octanol–water partition coefficient (Wildman–Crippen LogP) is 1.78. The van der Waals surface area contributed by atoms with Crippen molar-refractivity contribution in [3.63, 3.8) is 0 Å². The topological polar surface area (TPSA) is 110 Å². The maximum absolute atomic E-state index is 11.2. The highest BCUT2D eigenvalue weighted by Crippen LogP contribution is 2.30. The number of morpholine rings is 1. The number of nitrogens with one attached hydrogen (secondary N) is 1. The lowest BCUT2D eigenvalue weighted by molar-refractivity contribution is 0.122. The summed E-state index contributed by atoms with van der Waals surface area (Å²) in [6, 6.07) is 9.93. The van der Waals surface area contributed by atoms with E-state index in [2.05, 4.69) is 49.4 Å². The van der Waals surface area contributed by atoms with E-state index in [0.717, 1.165) is 67.4 Å². The van der Waals surface area contributed by atoms with Crippen LogP contribution in [0.2, 0.25) is 0 Å². The molecular formula is C22H25N7O2. The van der Waals surface area contributed by atoms with E-state index in [-0.39, 0.29) is 6.04 Å². The summed E-state index contributed by atoms with van der Waals surface area (Å²) in [5.41, 5.74) is 9.92. The molecule has 2 saturated heterocycles. The van der Waals surface area contributed by atoms with Crippen molar-refractivity contribution in [2.45, 2.75) is 12.5 Å². The van der Waals surface area contributed by atoms with Crippen molar-refractivity contribution < 1.29 is 9.53 Å². The second kappa shape index (κ2) is 8.35. The molecule has 0 aliphatic carbocycles. The summed E-state index contributed by atoms with van der Waals surface area (Å²) < 4.78 is 5.45. The van der Waals surface area contributed by atoms with Crippen LogP contribution in [0.25, 0.3) is 22.3 Å². The van der Waals surface area contributed by atoms with Gasteiger partial charge in [0.15, 0.2) is 5.82 Å². The fourth-order valence-corrected chi connectivity index (χ4v) is 4.26. The van der Waals surface area contributed by atoms with Gasteiger partial charge in [-0.1, -0.05) is 12.1 Å². The zero-order valence-electron chi connectivity index (χ0n) is 17.2. The van der Waals surface area contributed by atoms with Gasteiger partial charge in [-0.15, -0.1) is 0 Å². The summed E-state index contributed by atoms with van der Waals surface area (Å²) in [5, 5.41) is 2.79. The zero-order valence-corrected chi connectivity index (χ0v) is 17.2. The lowest BCUT2D eigenvalue weighted by Gasteiger charge is -2.29. The van der Waals surface area contributed by atoms with Crippen molar-refractivity contribution in [3.05, 3.63) is 42.7 Å². The smallest absolute Gasteiger partial charge is 0.312 e. The lowest BCUT2D eigenvalue weighted by atomic mass is 10.1. The van der Waals surface area contributed by atoms with Gasteiger partial charge in [0.05, 0.1) is 24.4 Å². The minimum atomic E-state index is -0.501. The molecule has 1 aromatic carbocycles. The second-order valence-electron chi connectivity index (χ2n) is 7.84. The van der Waals surface area contributed by atoms with Gasteiger partial charge in [-0.05, 0) is 24.6 Å². The number of nitrogens with two attached hydrogens (primary N) is 1. The first-order valence-corrected chi connectivity index (χ1v) is 10.5. The van der Waals surface area contributed by atoms with E-state index in [1.165, 1.54) is 5.69 Å². The van der Waals surface area contributed by atoms with Crippen LogP contribution in [0.3, 0.4) is 0 Å². The molecule has 2 amide bonds. The van der Waals surface area contributed by atoms with Crippen molar-refractivity contribution in [1.82, 2.24) is 20.3 Å². The highest BCUT2D eigenvalue weighted by atomic mass is 16.5. The second-order valence-corrected chi connectivity index (χ2v) is 7.84. The Labute approximate surface area is 180 Å². The zero-order chi connectivity index (χ0) is 21.2. The Morgan fingerprint density at radius 1 is 1.06 bits per heavy atom. The molecule has 9 heteroatoms. The van der Waals surface area contributed by atoms with Crippen LogP contribution in [-0.2, 0) is 4.74 Å². The molecule has 9 nitrogen and oxygen atoms in total. The molecule has 2 aromatic heterocycles. The molecule has 0 saturated carbocycles. The minimum absolute atomic E-state index is 0.00230. The molecule has 0 bridgehead atoms. The third-order valence-electron chi connectivity index (χ3n) is 5.81. The SMILES string of the molecule is NC(=O)N[C@@H]1CCN(c2nc(-c3ccc(N4CCOCC4)cc3)cc3nccnc23)C1. The molecule has 160 valence electrons. The normalized spacial score (nSPS) is 19.0. The number of rotatable bonds is 4. The highest BCUT2D eigenvalue weighted by Gasteiger charge is 2.26. The van der Waals surface area contributed by atoms with Crippen LogP contribution in [0, 0.1) is 0 Å². The van der Waals surface area contributed by atoms with Crippen LogP contribution in [0.15, 0.2) is 42.7 Å². The first kappa shape index (κ1) is 19.5. The third-order valence-corrected chi connectivity index (χ3v) is 5.81. The number of hydrogen-bond donors (Lipinski definition) is 2. The fraction of sp³-hybridized carbons (Fsp3) is 0.364. The van der Waals surface area contributed by atoms with Crippen LogP contribution in [-0.4, -0.2) is 66.4 Å². The van der Waals surface area contributed by atoms with Crippen LogP contribution < -0.4 is 20.9 Å². The fourth-order valence-electron chi connectivity index (χ4n) is 4.26. The van der Waals surface area contributed by atoms with Gasteiger partial charge in [-0.2, -0.15) is 0 Å². The molecule has 5 rings (SSSR count). The lowest BCUT2D eigenvalue weighted by Crippen LogP contribution is -2.40. The standard InChI is InChI=1S/C22H25N7O2/c23-22(30)26-16-5-8-29(14-16)21-20-19(24-6-7-25-20)13-18(27-21)15-1-3-17(4-2-15)28-9-11-31-12-10-28/h1-4,6-7,13,16H,5,8-12,14H2,(H3,23,26,30)/t16-/m1/s1. The van der Waals surface area contributed by atoms with Crippen LogP contribution in [0.4, 0.5) is 16.3 Å². The number of aromatic nitrogens is 3. The largest absolute Gasteiger partial charge is 0.378 e. The molecule has 0 spiro atoms. The van der Waals surface area contributed by atoms with E-state index < -0.39 is 6.03 Å². The van der Waals surface area contributed by atoms with Crippen molar-refractivity contribution in [1.29, 1.82) is 0 Å². The van der Waals surface area contributed by atoms with Crippen molar-refractivity contribution in [2.75, 3.05) is 49.2 Å². The highest BCUT2D eigenvalue weighted by molar-refractivity contribution is 5.89. The summed E-state index contributed by atoms with van der Waals surface area (Å²) in [6.45, 7) is 4.74. The number of urea groups is 1. The van der Waals surface area contributed by atoms with Crippen LogP contribution >= 0.6 is 0 Å². The number of benzene rings is 1. The maximum atomic E-state index is 11.2. The number of ether oxygens (including phenoxy) is 1. The van der Waals surface area contributed by atoms with E-state index in [1.807, 2.05) is 6.07 Å². The van der Waals surface area contributed by atoms with Crippen LogP contribution in [0.1, 0.15) is 6.42 Å². The Morgan fingerprint density at radius 3 is 2.61 bits per heavy atom. The van der Waals surface area contributed by atoms with Gasteiger partial charge in [0.25, 0.3) is 0 Å². The summed E-state index contributed by atoms with van der Waals surface area (Å²) in [5.74, 6) is 0.784. The molecule has 31 heavy (non-hydrogen) atoms. The number of amides is 2. The Bertz CT molecular complexity index is 1080. The van der Waals surface area contributed by atoms with E-state index >= 15 is 0 Å². The summed E-state index contributed by atoms with van der Waals surface area (Å²) in [6.07, 6.45) is 4.18. The van der Waals surface area contributed by atoms with Gasteiger partial charge in [-0.3, -0.25) is 4.98 Å². The number of primary amides is 1. The number of nitrogens with zero attached hydrogens (tertiary/aromatic N) is 5. The summed E-state index contributed by atoms with van der Waals surface area (Å²) >= 11 is 0. The first-order chi connectivity index (χ1) is 15.2. The number of carbonyl (C=O) groups excluding carboxylic acids is 1. The molecule has 1 atom stereocenters. The third kappa shape index (κ3) is 4.09. The predicted molar refractivity (Wildman–Crippen MR) is 119 cm³/mol. The van der Waals surface area contributed by atoms with E-state index in [9.17, 15) is 4.79 Å². The summed E-state index contributed by atoms with van der Waals surface area (Å²) in [4.78, 5) is 29.7. The number of carbonyl (C=O) groups is 1. The van der Waals surface area contributed by atoms with Gasteiger partial charge in [0.2, 0.25) is 0 Å². The van der Waals surface area contributed by atoms with Crippen LogP contribution in [0.5, 0.6) is 0 Å². The molecule has 0 unspecified atom stereocenters. The maximum Gasteiger partial charge on any atom is 0.312 e. The van der Waals surface area contributed by atoms with Gasteiger partial charge in [0, 0.05) is 55.9 Å². The van der Waals surface area contributed by atoms with Gasteiger partial charge < -0.3 is 25.6 Å². The molecular weight excluding hydrogens is 394 g/mol. The number of hydrogen-bond acceptors (Lipinski definition) is 7. The Balaban J connectivity index is 1.46. The Kier molecular flexibility index (Phi) is 5.25. The van der Waals surface area contributed by atoms with E-state index in [1.54, 1.807) is 12.4 Å². The van der Waals surface area contributed by atoms with Gasteiger partial charge >= 0.3 is 6.03 Å². The average Bonchev–Trinajstić information content (AvgIpc) is 3.26. The average molecular weight is 419 g/mol. The quantitative estimate of drug-likeness (QED) is 0.663. The Morgan fingerprint density at radius 2 is 1.84 bits per heavy atom. The van der Waals surface area contributed by atoms with E-state index in [0.29, 0.717) is 6.54 Å². The molecule has 4 heterocycles. The van der Waals surface area contributed by atoms with Gasteiger partial charge in [0.1, 0.15) is 5.52 Å². The van der Waals surface area contributed by atoms with Crippen molar-refractivity contribution >= 4 is 28.6 Å². The number of anilines is 2. The van der Waals surface area contributed by atoms with Crippen molar-refractivity contribution in [3.8, 4) is 11.3 Å². The molecule has 0 radical (unpaired) electrons. The van der Waals surface area contributed by atoms with Gasteiger partial charge in [-0.25, -0.2) is 14.8 Å². The molecule has 2 aliphatic rings. The molecule has 2 aliphatic heterocycles. The Hall–Kier alpha value is -3.46. The first-order valence-electron chi connectivity index (χ1n) is 10.5. The molecule has 3 aromatic rings. The molecule has 3 N–H and O–H groups in total. The summed E-state index contributed by atoms with van der Waals surface area (Å²) in [7, 11) is 0.